The van der Waals surface area contributed by atoms with Crippen molar-refractivity contribution in [3.05, 3.63) is 23.8 Å². The number of hydrogen-bond donors (Lipinski definition) is 0. The third-order valence-electron chi connectivity index (χ3n) is 2.63. The predicted octanol–water partition coefficient (Wildman–Crippen LogP) is 1.59. The molecule has 0 saturated carbocycles. The van der Waals surface area contributed by atoms with Crippen molar-refractivity contribution in [1.29, 1.82) is 0 Å². The smallest absolute Gasteiger partial charge is 0.305 e. The fourth-order valence-corrected chi connectivity index (χ4v) is 1.67. The number of esters is 1. The van der Waals surface area contributed by atoms with Gasteiger partial charge in [-0.15, -0.1) is 0 Å². The first-order valence-corrected chi connectivity index (χ1v) is 5.70. The summed E-state index contributed by atoms with van der Waals surface area (Å²) in [6.07, 6.45) is 0.917. The lowest BCUT2D eigenvalue weighted by Gasteiger charge is -2.06. The highest BCUT2D eigenvalue weighted by Crippen LogP contribution is 2.29. The molecule has 18 heavy (non-hydrogen) atoms. The molecule has 0 amide bonds. The van der Waals surface area contributed by atoms with E-state index >= 15 is 0 Å². The van der Waals surface area contributed by atoms with E-state index in [0.29, 0.717) is 36.5 Å². The molecule has 1 aliphatic heterocycles. The summed E-state index contributed by atoms with van der Waals surface area (Å²) in [5.74, 6) is 0.933. The second-order valence-corrected chi connectivity index (χ2v) is 3.90. The summed E-state index contributed by atoms with van der Waals surface area (Å²) in [6.45, 7) is 0.517. The molecular weight excluding hydrogens is 236 g/mol. The molecule has 0 N–H and O–H groups in total. The SMILES string of the molecule is COC(=O)CCCOc1ccc2c(c1)OCC2=O. The highest BCUT2D eigenvalue weighted by Gasteiger charge is 2.21. The molecule has 0 aromatic heterocycles. The van der Waals surface area contributed by atoms with E-state index in [9.17, 15) is 9.59 Å². The van der Waals surface area contributed by atoms with Gasteiger partial charge >= 0.3 is 5.97 Å². The van der Waals surface area contributed by atoms with Crippen LogP contribution in [0.5, 0.6) is 11.5 Å². The van der Waals surface area contributed by atoms with Gasteiger partial charge in [0.1, 0.15) is 11.5 Å². The lowest BCUT2D eigenvalue weighted by atomic mass is 10.1. The average Bonchev–Trinajstić information content (AvgIpc) is 2.76. The van der Waals surface area contributed by atoms with Crippen LogP contribution in [-0.4, -0.2) is 32.1 Å². The molecule has 0 bridgehead atoms. The van der Waals surface area contributed by atoms with Gasteiger partial charge in [0.2, 0.25) is 5.78 Å². The quantitative estimate of drug-likeness (QED) is 0.586. The molecule has 0 saturated heterocycles. The minimum Gasteiger partial charge on any atom is -0.493 e. The van der Waals surface area contributed by atoms with Crippen LogP contribution in [0.2, 0.25) is 0 Å². The number of ether oxygens (including phenoxy) is 3. The molecule has 0 unspecified atom stereocenters. The van der Waals surface area contributed by atoms with Crippen molar-refractivity contribution < 1.29 is 23.8 Å². The minimum atomic E-state index is -0.249. The Morgan fingerprint density at radius 1 is 1.44 bits per heavy atom. The Bertz CT molecular complexity index is 466. The van der Waals surface area contributed by atoms with E-state index in [4.69, 9.17) is 9.47 Å². The van der Waals surface area contributed by atoms with Crippen molar-refractivity contribution in [2.24, 2.45) is 0 Å². The van der Waals surface area contributed by atoms with Gasteiger partial charge in [0.05, 0.1) is 19.3 Å². The van der Waals surface area contributed by atoms with Crippen molar-refractivity contribution in [3.8, 4) is 11.5 Å². The van der Waals surface area contributed by atoms with Gasteiger partial charge in [0.15, 0.2) is 6.61 Å². The van der Waals surface area contributed by atoms with E-state index < -0.39 is 0 Å². The van der Waals surface area contributed by atoms with Gasteiger partial charge in [-0.2, -0.15) is 0 Å². The second kappa shape index (κ2) is 5.53. The van der Waals surface area contributed by atoms with Gasteiger partial charge in [-0.1, -0.05) is 0 Å². The van der Waals surface area contributed by atoms with E-state index in [2.05, 4.69) is 4.74 Å². The standard InChI is InChI=1S/C13H14O5/c1-16-13(15)3-2-6-17-9-4-5-10-11(14)8-18-12(10)7-9/h4-5,7H,2-3,6,8H2,1H3. The van der Waals surface area contributed by atoms with Gasteiger partial charge in [0, 0.05) is 12.5 Å². The maximum Gasteiger partial charge on any atom is 0.305 e. The van der Waals surface area contributed by atoms with Crippen LogP contribution in [0.1, 0.15) is 23.2 Å². The number of methoxy groups -OCH3 is 1. The zero-order chi connectivity index (χ0) is 13.0. The molecule has 96 valence electrons. The van der Waals surface area contributed by atoms with Crippen LogP contribution in [0, 0.1) is 0 Å². The van der Waals surface area contributed by atoms with E-state index in [1.165, 1.54) is 7.11 Å². The van der Waals surface area contributed by atoms with Crippen LogP contribution in [-0.2, 0) is 9.53 Å². The van der Waals surface area contributed by atoms with Crippen molar-refractivity contribution in [3.63, 3.8) is 0 Å². The predicted molar refractivity (Wildman–Crippen MR) is 63.0 cm³/mol. The summed E-state index contributed by atoms with van der Waals surface area (Å²) in [5.41, 5.74) is 0.594. The number of carbonyl (C=O) groups excluding carboxylic acids is 2. The maximum absolute atomic E-state index is 11.3. The van der Waals surface area contributed by atoms with E-state index in [1.807, 2.05) is 0 Å². The van der Waals surface area contributed by atoms with E-state index in [0.717, 1.165) is 0 Å². The Hall–Kier alpha value is -2.04. The number of benzene rings is 1. The van der Waals surface area contributed by atoms with Crippen LogP contribution in [0.4, 0.5) is 0 Å². The lowest BCUT2D eigenvalue weighted by Crippen LogP contribution is -2.04. The molecule has 0 fully saturated rings. The number of carbonyl (C=O) groups is 2. The third-order valence-corrected chi connectivity index (χ3v) is 2.63. The van der Waals surface area contributed by atoms with Gasteiger partial charge < -0.3 is 14.2 Å². The Kier molecular flexibility index (Phi) is 3.82. The largest absolute Gasteiger partial charge is 0.493 e. The Labute approximate surface area is 105 Å². The molecule has 1 aromatic rings. The lowest BCUT2D eigenvalue weighted by molar-refractivity contribution is -0.140. The van der Waals surface area contributed by atoms with E-state index in [-0.39, 0.29) is 18.4 Å². The number of fused-ring (bicyclic) bond motifs is 1. The third kappa shape index (κ3) is 2.80. The van der Waals surface area contributed by atoms with Crippen molar-refractivity contribution in [1.82, 2.24) is 0 Å². The van der Waals surface area contributed by atoms with Crippen LogP contribution < -0.4 is 9.47 Å². The number of rotatable bonds is 5. The van der Waals surface area contributed by atoms with Crippen LogP contribution in [0.25, 0.3) is 0 Å². The fourth-order valence-electron chi connectivity index (χ4n) is 1.67. The molecule has 0 radical (unpaired) electrons. The Morgan fingerprint density at radius 3 is 3.06 bits per heavy atom. The zero-order valence-corrected chi connectivity index (χ0v) is 10.1. The summed E-state index contributed by atoms with van der Waals surface area (Å²) in [4.78, 5) is 22.2. The van der Waals surface area contributed by atoms with Gasteiger partial charge in [0.25, 0.3) is 0 Å². The minimum absolute atomic E-state index is 0.0118. The van der Waals surface area contributed by atoms with Crippen LogP contribution >= 0.6 is 0 Å². The van der Waals surface area contributed by atoms with Gasteiger partial charge in [-0.3, -0.25) is 9.59 Å². The summed E-state index contributed by atoms with van der Waals surface area (Å²) in [7, 11) is 1.36. The highest BCUT2D eigenvalue weighted by molar-refractivity contribution is 6.02. The first-order valence-electron chi connectivity index (χ1n) is 5.70. The topological polar surface area (TPSA) is 61.8 Å². The monoisotopic (exact) mass is 250 g/mol. The number of hydrogen-bond acceptors (Lipinski definition) is 5. The molecule has 1 aliphatic rings. The molecule has 1 aromatic carbocycles. The maximum atomic E-state index is 11.3. The summed E-state index contributed by atoms with van der Waals surface area (Å²) in [5, 5.41) is 0. The highest BCUT2D eigenvalue weighted by atomic mass is 16.5. The van der Waals surface area contributed by atoms with Gasteiger partial charge in [-0.25, -0.2) is 0 Å². The fraction of sp³-hybridized carbons (Fsp3) is 0.385. The normalized spacial score (nSPS) is 12.8. The van der Waals surface area contributed by atoms with Crippen molar-refractivity contribution in [2.45, 2.75) is 12.8 Å². The van der Waals surface area contributed by atoms with Gasteiger partial charge in [-0.05, 0) is 18.6 Å². The molecule has 5 heteroatoms. The molecule has 0 spiro atoms. The summed E-state index contributed by atoms with van der Waals surface area (Å²) >= 11 is 0. The first-order chi connectivity index (χ1) is 8.70. The molecule has 2 rings (SSSR count). The van der Waals surface area contributed by atoms with Crippen molar-refractivity contribution >= 4 is 11.8 Å². The molecular formula is C13H14O5. The number of Topliss-reactive ketones (excluding diaryl/α,β-unsaturated/α-hetero) is 1. The molecule has 5 nitrogen and oxygen atoms in total. The van der Waals surface area contributed by atoms with Crippen LogP contribution in [0.3, 0.4) is 0 Å². The zero-order valence-electron chi connectivity index (χ0n) is 10.1. The Morgan fingerprint density at radius 2 is 2.28 bits per heavy atom. The summed E-state index contributed by atoms with van der Waals surface area (Å²) < 4.78 is 15.2. The molecule has 1 heterocycles. The van der Waals surface area contributed by atoms with E-state index in [1.54, 1.807) is 18.2 Å². The second-order valence-electron chi connectivity index (χ2n) is 3.90. The average molecular weight is 250 g/mol. The summed E-state index contributed by atoms with van der Waals surface area (Å²) in [6, 6.07) is 5.11. The number of ketones is 1. The van der Waals surface area contributed by atoms with Crippen LogP contribution in [0.15, 0.2) is 18.2 Å². The Balaban J connectivity index is 1.84. The van der Waals surface area contributed by atoms with Crippen molar-refractivity contribution in [2.75, 3.05) is 20.3 Å². The first kappa shape index (κ1) is 12.4. The molecule has 0 aliphatic carbocycles. The molecule has 0 atom stereocenters.